The number of carbonyl (C=O) groups excluding carboxylic acids is 2. The molecule has 1 rings (SSSR count). The molecule has 1 aromatic carbocycles. The van der Waals surface area contributed by atoms with Crippen LogP contribution in [0.2, 0.25) is 0 Å². The molecule has 19 heavy (non-hydrogen) atoms. The largest absolute Gasteiger partial charge is 0.481 e. The smallest absolute Gasteiger partial charge is 0.303 e. The van der Waals surface area contributed by atoms with Crippen molar-refractivity contribution in [3.05, 3.63) is 35.4 Å². The zero-order chi connectivity index (χ0) is 14.4. The van der Waals surface area contributed by atoms with Gasteiger partial charge in [-0.15, -0.1) is 0 Å². The molecule has 0 saturated heterocycles. The molecule has 6 heteroatoms. The molecule has 0 spiro atoms. The quantitative estimate of drug-likeness (QED) is 0.699. The van der Waals surface area contributed by atoms with Crippen LogP contribution in [0.1, 0.15) is 34.1 Å². The third-order valence-electron chi connectivity index (χ3n) is 2.57. The lowest BCUT2D eigenvalue weighted by atomic mass is 10.1. The maximum atomic E-state index is 11.7. The number of hydrogen-bond acceptors (Lipinski definition) is 3. The van der Waals surface area contributed by atoms with E-state index >= 15 is 0 Å². The molecule has 0 bridgehead atoms. The highest BCUT2D eigenvalue weighted by molar-refractivity contribution is 5.97. The minimum absolute atomic E-state index is 0.000886. The number of nitrogens with one attached hydrogen (secondary N) is 1. The lowest BCUT2D eigenvalue weighted by molar-refractivity contribution is -0.137. The molecule has 6 nitrogen and oxygen atoms in total. The Labute approximate surface area is 110 Å². The number of hydrogen-bond donors (Lipinski definition) is 3. The van der Waals surface area contributed by atoms with Crippen LogP contribution in [0.25, 0.3) is 0 Å². The average Bonchev–Trinajstić information content (AvgIpc) is 2.35. The average molecular weight is 264 g/mol. The summed E-state index contributed by atoms with van der Waals surface area (Å²) in [6.07, 6.45) is 0.000886. The van der Waals surface area contributed by atoms with Crippen LogP contribution in [-0.4, -0.2) is 29.4 Å². The van der Waals surface area contributed by atoms with E-state index in [4.69, 9.17) is 10.8 Å². The van der Waals surface area contributed by atoms with E-state index in [1.165, 1.54) is 24.3 Å². The summed E-state index contributed by atoms with van der Waals surface area (Å²) >= 11 is 0. The van der Waals surface area contributed by atoms with E-state index in [2.05, 4.69) is 5.32 Å². The van der Waals surface area contributed by atoms with Crippen molar-refractivity contribution in [3.63, 3.8) is 0 Å². The summed E-state index contributed by atoms with van der Waals surface area (Å²) in [6, 6.07) is 5.93. The summed E-state index contributed by atoms with van der Waals surface area (Å²) in [4.78, 5) is 33.1. The highest BCUT2D eigenvalue weighted by atomic mass is 16.4. The van der Waals surface area contributed by atoms with Crippen LogP contribution in [0.5, 0.6) is 0 Å². The van der Waals surface area contributed by atoms with E-state index in [1.54, 1.807) is 6.92 Å². The molecule has 0 saturated carbocycles. The number of benzene rings is 1. The Kier molecular flexibility index (Phi) is 5.05. The third kappa shape index (κ3) is 4.79. The topological polar surface area (TPSA) is 109 Å². The molecular weight excluding hydrogens is 248 g/mol. The fourth-order valence-corrected chi connectivity index (χ4v) is 1.53. The van der Waals surface area contributed by atoms with Crippen LogP contribution in [-0.2, 0) is 4.79 Å². The second-order valence-corrected chi connectivity index (χ2v) is 4.35. The molecule has 1 aromatic rings. The first-order valence-corrected chi connectivity index (χ1v) is 5.80. The van der Waals surface area contributed by atoms with Crippen molar-refractivity contribution in [3.8, 4) is 0 Å². The van der Waals surface area contributed by atoms with E-state index < -0.39 is 11.9 Å². The summed E-state index contributed by atoms with van der Waals surface area (Å²) in [5, 5.41) is 11.2. The fraction of sp³-hybridized carbons (Fsp3) is 0.308. The molecule has 0 heterocycles. The van der Waals surface area contributed by atoms with Crippen molar-refractivity contribution in [1.82, 2.24) is 5.32 Å². The molecule has 0 radical (unpaired) electrons. The molecule has 0 aromatic heterocycles. The van der Waals surface area contributed by atoms with E-state index in [0.717, 1.165) is 0 Å². The van der Waals surface area contributed by atoms with Gasteiger partial charge in [0.1, 0.15) is 0 Å². The molecule has 1 atom stereocenters. The second kappa shape index (κ2) is 6.53. The first-order valence-electron chi connectivity index (χ1n) is 5.80. The Morgan fingerprint density at radius 2 is 1.74 bits per heavy atom. The normalized spacial score (nSPS) is 11.6. The first-order chi connectivity index (χ1) is 8.90. The van der Waals surface area contributed by atoms with E-state index in [9.17, 15) is 14.4 Å². The number of rotatable bonds is 6. The van der Waals surface area contributed by atoms with E-state index in [0.29, 0.717) is 11.1 Å². The number of carboxylic acids is 1. The van der Waals surface area contributed by atoms with Gasteiger partial charge >= 0.3 is 5.97 Å². The van der Waals surface area contributed by atoms with E-state index in [1.807, 2.05) is 0 Å². The molecule has 2 amide bonds. The van der Waals surface area contributed by atoms with Crippen molar-refractivity contribution in [1.29, 1.82) is 0 Å². The third-order valence-corrected chi connectivity index (χ3v) is 2.57. The summed E-state index contributed by atoms with van der Waals surface area (Å²) in [7, 11) is 0. The van der Waals surface area contributed by atoms with Gasteiger partial charge in [0.15, 0.2) is 0 Å². The first kappa shape index (κ1) is 14.7. The SMILES string of the molecule is CC(CNC(=O)c1ccc(C(N)=O)cc1)CC(=O)O. The minimum atomic E-state index is -0.896. The van der Waals surface area contributed by atoms with Crippen LogP contribution < -0.4 is 11.1 Å². The van der Waals surface area contributed by atoms with E-state index in [-0.39, 0.29) is 24.8 Å². The molecule has 0 fully saturated rings. The Morgan fingerprint density at radius 3 is 2.21 bits per heavy atom. The molecule has 4 N–H and O–H groups in total. The predicted octanol–water partition coefficient (Wildman–Crippen LogP) is 0.626. The summed E-state index contributed by atoms with van der Waals surface area (Å²) in [6.45, 7) is 2.02. The number of carboxylic acid groups (broad SMARTS) is 1. The van der Waals surface area contributed by atoms with Crippen molar-refractivity contribution in [2.45, 2.75) is 13.3 Å². The maximum absolute atomic E-state index is 11.7. The molecule has 0 aliphatic carbocycles. The fourth-order valence-electron chi connectivity index (χ4n) is 1.53. The second-order valence-electron chi connectivity index (χ2n) is 4.35. The van der Waals surface area contributed by atoms with Gasteiger partial charge in [0.05, 0.1) is 0 Å². The molecule has 1 unspecified atom stereocenters. The summed E-state index contributed by atoms with van der Waals surface area (Å²) in [5.41, 5.74) is 5.81. The van der Waals surface area contributed by atoms with Crippen LogP contribution in [0.3, 0.4) is 0 Å². The van der Waals surface area contributed by atoms with Gasteiger partial charge in [-0.05, 0) is 30.2 Å². The van der Waals surface area contributed by atoms with Gasteiger partial charge in [-0.25, -0.2) is 0 Å². The van der Waals surface area contributed by atoms with Gasteiger partial charge < -0.3 is 16.2 Å². The molecular formula is C13H16N2O4. The van der Waals surface area contributed by atoms with Crippen molar-refractivity contribution < 1.29 is 19.5 Å². The molecule has 102 valence electrons. The number of primary amides is 1. The Bertz CT molecular complexity index is 482. The van der Waals surface area contributed by atoms with Crippen LogP contribution >= 0.6 is 0 Å². The zero-order valence-electron chi connectivity index (χ0n) is 10.6. The standard InChI is InChI=1S/C13H16N2O4/c1-8(6-11(16)17)7-15-13(19)10-4-2-9(3-5-10)12(14)18/h2-5,8H,6-7H2,1H3,(H2,14,18)(H,15,19)(H,16,17). The van der Waals surface area contributed by atoms with Gasteiger partial charge in [-0.3, -0.25) is 14.4 Å². The Morgan fingerprint density at radius 1 is 1.21 bits per heavy atom. The predicted molar refractivity (Wildman–Crippen MR) is 68.7 cm³/mol. The molecule has 0 aliphatic heterocycles. The monoisotopic (exact) mass is 264 g/mol. The lowest BCUT2D eigenvalue weighted by Gasteiger charge is -2.10. The Hall–Kier alpha value is -2.37. The highest BCUT2D eigenvalue weighted by Gasteiger charge is 2.11. The van der Waals surface area contributed by atoms with Gasteiger partial charge in [-0.1, -0.05) is 6.92 Å². The number of amides is 2. The zero-order valence-corrected chi connectivity index (χ0v) is 10.6. The van der Waals surface area contributed by atoms with Crippen molar-refractivity contribution in [2.24, 2.45) is 11.7 Å². The number of nitrogens with two attached hydrogens (primary N) is 1. The van der Waals surface area contributed by atoms with Gasteiger partial charge in [0.2, 0.25) is 5.91 Å². The van der Waals surface area contributed by atoms with Crippen LogP contribution in [0, 0.1) is 5.92 Å². The van der Waals surface area contributed by atoms with Gasteiger partial charge in [0, 0.05) is 24.1 Å². The summed E-state index contributed by atoms with van der Waals surface area (Å²) < 4.78 is 0. The van der Waals surface area contributed by atoms with Gasteiger partial charge in [0.25, 0.3) is 5.91 Å². The van der Waals surface area contributed by atoms with Crippen molar-refractivity contribution in [2.75, 3.05) is 6.54 Å². The van der Waals surface area contributed by atoms with Crippen LogP contribution in [0.4, 0.5) is 0 Å². The number of carbonyl (C=O) groups is 3. The minimum Gasteiger partial charge on any atom is -0.481 e. The molecule has 0 aliphatic rings. The maximum Gasteiger partial charge on any atom is 0.303 e. The summed E-state index contributed by atoms with van der Waals surface area (Å²) in [5.74, 6) is -1.91. The van der Waals surface area contributed by atoms with Crippen molar-refractivity contribution >= 4 is 17.8 Å². The number of aliphatic carboxylic acids is 1. The van der Waals surface area contributed by atoms with Crippen LogP contribution in [0.15, 0.2) is 24.3 Å². The highest BCUT2D eigenvalue weighted by Crippen LogP contribution is 2.05. The Balaban J connectivity index is 2.54. The van der Waals surface area contributed by atoms with Gasteiger partial charge in [-0.2, -0.15) is 0 Å². The lowest BCUT2D eigenvalue weighted by Crippen LogP contribution is -2.29.